The van der Waals surface area contributed by atoms with Gasteiger partial charge in [0.05, 0.1) is 23.1 Å². The van der Waals surface area contributed by atoms with Crippen LogP contribution in [-0.2, 0) is 19.3 Å². The highest BCUT2D eigenvalue weighted by molar-refractivity contribution is 7.90. The molecule has 0 radical (unpaired) electrons. The van der Waals surface area contributed by atoms with Crippen LogP contribution in [0.3, 0.4) is 0 Å². The molecule has 3 aromatic rings. The number of carbonyl (C=O) groups is 3. The number of rotatable bonds is 7. The average molecular weight is 470 g/mol. The van der Waals surface area contributed by atoms with Gasteiger partial charge in [-0.2, -0.15) is 0 Å². The van der Waals surface area contributed by atoms with Crippen molar-refractivity contribution in [3.8, 4) is 5.69 Å². The first-order valence-corrected chi connectivity index (χ1v) is 11.8. The molecule has 1 aromatic heterocycles. The Labute approximate surface area is 191 Å². The Balaban J connectivity index is 1.76. The molecule has 0 N–H and O–H groups in total. The summed E-state index contributed by atoms with van der Waals surface area (Å²) in [5, 5.41) is 0. The molecule has 1 heterocycles. The molecule has 0 saturated heterocycles. The molecule has 8 nitrogen and oxygen atoms in total. The van der Waals surface area contributed by atoms with Crippen LogP contribution in [0.4, 0.5) is 0 Å². The van der Waals surface area contributed by atoms with Gasteiger partial charge in [-0.25, -0.2) is 18.0 Å². The minimum absolute atomic E-state index is 0.00922. The number of hydrogen-bond acceptors (Lipinski definition) is 7. The summed E-state index contributed by atoms with van der Waals surface area (Å²) in [6, 6.07) is 13.9. The van der Waals surface area contributed by atoms with Gasteiger partial charge >= 0.3 is 11.9 Å². The predicted octanol–water partition coefficient (Wildman–Crippen LogP) is 3.32. The van der Waals surface area contributed by atoms with E-state index in [2.05, 4.69) is 0 Å². The van der Waals surface area contributed by atoms with Crippen LogP contribution in [0.2, 0.25) is 0 Å². The van der Waals surface area contributed by atoms with Crippen LogP contribution in [-0.4, -0.2) is 50.7 Å². The summed E-state index contributed by atoms with van der Waals surface area (Å²) in [7, 11) is -2.17. The fourth-order valence-electron chi connectivity index (χ4n) is 3.45. The Hall–Kier alpha value is -3.72. The number of Topliss-reactive ketones (excluding diaryl/α,β-unsaturated/α-hetero) is 1. The normalized spacial score (nSPS) is 11.2. The van der Waals surface area contributed by atoms with Crippen LogP contribution < -0.4 is 0 Å². The van der Waals surface area contributed by atoms with Crippen molar-refractivity contribution < 1.29 is 32.3 Å². The molecular weight excluding hydrogens is 446 g/mol. The van der Waals surface area contributed by atoms with Crippen molar-refractivity contribution in [2.45, 2.75) is 18.7 Å². The van der Waals surface area contributed by atoms with Crippen molar-refractivity contribution in [1.29, 1.82) is 0 Å². The van der Waals surface area contributed by atoms with E-state index in [0.29, 0.717) is 16.8 Å². The summed E-state index contributed by atoms with van der Waals surface area (Å²) in [5.74, 6) is -1.63. The SMILES string of the molecule is COC(=O)c1ccc(-n2c(C)cc(C(=O)COC(=O)c3cccc(S(C)(=O)=O)c3)c2C)cc1. The number of ketones is 1. The monoisotopic (exact) mass is 469 g/mol. The van der Waals surface area contributed by atoms with Gasteiger partial charge < -0.3 is 14.0 Å². The van der Waals surface area contributed by atoms with E-state index < -0.39 is 34.2 Å². The van der Waals surface area contributed by atoms with E-state index in [0.717, 1.165) is 17.6 Å². The van der Waals surface area contributed by atoms with Gasteiger partial charge in [-0.3, -0.25) is 4.79 Å². The van der Waals surface area contributed by atoms with Crippen molar-refractivity contribution in [1.82, 2.24) is 4.57 Å². The van der Waals surface area contributed by atoms with Gasteiger partial charge in [-0.15, -0.1) is 0 Å². The first kappa shape index (κ1) is 23.9. The van der Waals surface area contributed by atoms with E-state index in [1.807, 2.05) is 11.5 Å². The number of esters is 2. The van der Waals surface area contributed by atoms with E-state index in [-0.39, 0.29) is 10.5 Å². The minimum Gasteiger partial charge on any atom is -0.465 e. The molecule has 0 aliphatic carbocycles. The summed E-state index contributed by atoms with van der Waals surface area (Å²) in [5.41, 5.74) is 3.04. The first-order valence-electron chi connectivity index (χ1n) is 9.91. The number of hydrogen-bond donors (Lipinski definition) is 0. The maximum atomic E-state index is 12.8. The van der Waals surface area contributed by atoms with Crippen molar-refractivity contribution in [2.75, 3.05) is 20.0 Å². The molecule has 0 bridgehead atoms. The number of methoxy groups -OCH3 is 1. The summed E-state index contributed by atoms with van der Waals surface area (Å²) in [6.45, 7) is 3.11. The molecule has 172 valence electrons. The zero-order chi connectivity index (χ0) is 24.3. The van der Waals surface area contributed by atoms with Gasteiger partial charge in [-0.05, 0) is 62.4 Å². The molecule has 0 atom stereocenters. The van der Waals surface area contributed by atoms with Gasteiger partial charge in [0.2, 0.25) is 5.78 Å². The zero-order valence-corrected chi connectivity index (χ0v) is 19.4. The number of carbonyl (C=O) groups excluding carboxylic acids is 3. The number of aryl methyl sites for hydroxylation is 1. The Kier molecular flexibility index (Phi) is 6.83. The standard InChI is InChI=1S/C24H23NO7S/c1-15-12-21(16(2)25(15)19-10-8-17(9-11-19)23(27)31-3)22(26)14-32-24(28)18-6-5-7-20(13-18)33(4,29)30/h5-13H,14H2,1-4H3. The van der Waals surface area contributed by atoms with Gasteiger partial charge in [0, 0.05) is 28.9 Å². The second-order valence-corrected chi connectivity index (χ2v) is 9.47. The lowest BCUT2D eigenvalue weighted by atomic mass is 10.1. The third-order valence-electron chi connectivity index (χ3n) is 5.11. The highest BCUT2D eigenvalue weighted by atomic mass is 32.2. The lowest BCUT2D eigenvalue weighted by Gasteiger charge is -2.11. The predicted molar refractivity (Wildman–Crippen MR) is 121 cm³/mol. The highest BCUT2D eigenvalue weighted by Gasteiger charge is 2.20. The van der Waals surface area contributed by atoms with Crippen molar-refractivity contribution in [3.05, 3.63) is 82.7 Å². The third kappa shape index (κ3) is 5.20. The van der Waals surface area contributed by atoms with Crippen molar-refractivity contribution in [2.24, 2.45) is 0 Å². The number of sulfone groups is 1. The van der Waals surface area contributed by atoms with E-state index in [4.69, 9.17) is 9.47 Å². The molecule has 0 unspecified atom stereocenters. The maximum Gasteiger partial charge on any atom is 0.338 e. The first-order chi connectivity index (χ1) is 15.5. The van der Waals surface area contributed by atoms with Gasteiger partial charge in [-0.1, -0.05) is 6.07 Å². The quantitative estimate of drug-likeness (QED) is 0.386. The lowest BCUT2D eigenvalue weighted by Crippen LogP contribution is -2.15. The molecule has 3 rings (SSSR count). The summed E-state index contributed by atoms with van der Waals surface area (Å²) in [6.07, 6.45) is 1.04. The van der Waals surface area contributed by atoms with Crippen molar-refractivity contribution >= 4 is 27.6 Å². The van der Waals surface area contributed by atoms with Gasteiger partial charge in [0.15, 0.2) is 16.4 Å². The van der Waals surface area contributed by atoms with E-state index in [9.17, 15) is 22.8 Å². The summed E-state index contributed by atoms with van der Waals surface area (Å²) in [4.78, 5) is 36.7. The Morgan fingerprint density at radius 1 is 0.909 bits per heavy atom. The molecular formula is C24H23NO7S. The number of benzene rings is 2. The lowest BCUT2D eigenvalue weighted by molar-refractivity contribution is 0.0474. The Morgan fingerprint density at radius 2 is 1.58 bits per heavy atom. The molecule has 0 aliphatic rings. The third-order valence-corrected chi connectivity index (χ3v) is 6.22. The average Bonchev–Trinajstić information content (AvgIpc) is 3.10. The topological polar surface area (TPSA) is 109 Å². The summed E-state index contributed by atoms with van der Waals surface area (Å²) < 4.78 is 35.1. The van der Waals surface area contributed by atoms with Crippen LogP contribution in [0.1, 0.15) is 42.5 Å². The van der Waals surface area contributed by atoms with Gasteiger partial charge in [0.25, 0.3) is 0 Å². The van der Waals surface area contributed by atoms with Crippen LogP contribution in [0, 0.1) is 13.8 Å². The largest absolute Gasteiger partial charge is 0.465 e. The molecule has 0 fully saturated rings. The van der Waals surface area contributed by atoms with E-state index in [1.54, 1.807) is 37.3 Å². The minimum atomic E-state index is -3.48. The highest BCUT2D eigenvalue weighted by Crippen LogP contribution is 2.22. The zero-order valence-electron chi connectivity index (χ0n) is 18.6. The molecule has 0 spiro atoms. The van der Waals surface area contributed by atoms with Crippen LogP contribution in [0.5, 0.6) is 0 Å². The van der Waals surface area contributed by atoms with E-state index in [1.165, 1.54) is 31.4 Å². The molecule has 0 saturated carbocycles. The smallest absolute Gasteiger partial charge is 0.338 e. The molecule has 0 amide bonds. The molecule has 0 aliphatic heterocycles. The molecule has 33 heavy (non-hydrogen) atoms. The fourth-order valence-corrected chi connectivity index (χ4v) is 4.12. The number of aromatic nitrogens is 1. The molecule has 9 heteroatoms. The number of nitrogens with zero attached hydrogens (tertiary/aromatic N) is 1. The van der Waals surface area contributed by atoms with Crippen LogP contribution in [0.25, 0.3) is 5.69 Å². The fraction of sp³-hybridized carbons (Fsp3) is 0.208. The molecule has 2 aromatic carbocycles. The van der Waals surface area contributed by atoms with E-state index >= 15 is 0 Å². The van der Waals surface area contributed by atoms with Crippen LogP contribution in [0.15, 0.2) is 59.5 Å². The second-order valence-electron chi connectivity index (χ2n) is 7.46. The Morgan fingerprint density at radius 3 is 2.18 bits per heavy atom. The van der Waals surface area contributed by atoms with Crippen LogP contribution >= 0.6 is 0 Å². The van der Waals surface area contributed by atoms with Crippen molar-refractivity contribution in [3.63, 3.8) is 0 Å². The Bertz CT molecular complexity index is 1340. The number of ether oxygens (including phenoxy) is 2. The second kappa shape index (κ2) is 9.41. The van der Waals surface area contributed by atoms with Gasteiger partial charge in [0.1, 0.15) is 0 Å². The summed E-state index contributed by atoms with van der Waals surface area (Å²) >= 11 is 0. The maximum absolute atomic E-state index is 12.8.